The third kappa shape index (κ3) is 4.55. The van der Waals surface area contributed by atoms with Gasteiger partial charge in [0.15, 0.2) is 0 Å². The Bertz CT molecular complexity index is 1080. The number of ether oxygens (including phenoxy) is 1. The minimum Gasteiger partial charge on any atom is -0.504 e. The molecule has 0 spiro atoms. The van der Waals surface area contributed by atoms with Gasteiger partial charge in [-0.05, 0) is 36.6 Å². The molecular formula is C23H21NO4S. The Morgan fingerprint density at radius 2 is 1.79 bits per heavy atom. The number of methoxy groups -OCH3 is 1. The quantitative estimate of drug-likeness (QED) is 0.426. The fourth-order valence-corrected chi connectivity index (χ4v) is 4.01. The number of aryl methyl sites for hydroxylation is 2. The highest BCUT2D eigenvalue weighted by Crippen LogP contribution is 2.35. The van der Waals surface area contributed by atoms with Crippen LogP contribution in [-0.4, -0.2) is 24.1 Å². The summed E-state index contributed by atoms with van der Waals surface area (Å²) in [7, 11) is 1.47. The fraction of sp³-hybridized carbons (Fsp3) is 0.130. The first-order valence-electron chi connectivity index (χ1n) is 8.95. The Hall–Kier alpha value is -3.38. The van der Waals surface area contributed by atoms with E-state index in [2.05, 4.69) is 5.32 Å². The lowest BCUT2D eigenvalue weighted by Gasteiger charge is -2.12. The van der Waals surface area contributed by atoms with Crippen LogP contribution in [0.4, 0.5) is 5.69 Å². The normalized spacial score (nSPS) is 11.2. The first kappa shape index (κ1) is 20.4. The van der Waals surface area contributed by atoms with E-state index in [1.807, 2.05) is 62.4 Å². The van der Waals surface area contributed by atoms with Crippen LogP contribution in [0, 0.1) is 13.8 Å². The molecular weight excluding hydrogens is 386 g/mol. The molecule has 3 rings (SSSR count). The minimum atomic E-state index is -1.09. The predicted molar refractivity (Wildman–Crippen MR) is 116 cm³/mol. The van der Waals surface area contributed by atoms with E-state index in [9.17, 15) is 14.7 Å². The molecule has 0 saturated carbocycles. The van der Waals surface area contributed by atoms with Crippen LogP contribution in [0.1, 0.15) is 26.4 Å². The lowest BCUT2D eigenvalue weighted by Crippen LogP contribution is -2.16. The van der Waals surface area contributed by atoms with Gasteiger partial charge in [0.25, 0.3) is 5.91 Å². The van der Waals surface area contributed by atoms with Gasteiger partial charge in [0.1, 0.15) is 4.88 Å². The second-order valence-corrected chi connectivity index (χ2v) is 7.62. The molecule has 6 heteroatoms. The van der Waals surface area contributed by atoms with E-state index < -0.39 is 11.9 Å². The van der Waals surface area contributed by atoms with Gasteiger partial charge in [0, 0.05) is 4.88 Å². The smallest absolute Gasteiger partial charge is 0.348 e. The van der Waals surface area contributed by atoms with Gasteiger partial charge in [0.2, 0.25) is 0 Å². The lowest BCUT2D eigenvalue weighted by molar-refractivity contribution is -0.111. The zero-order chi connectivity index (χ0) is 21.0. The van der Waals surface area contributed by atoms with Crippen molar-refractivity contribution in [1.29, 1.82) is 0 Å². The van der Waals surface area contributed by atoms with Crippen LogP contribution in [0.3, 0.4) is 0 Å². The summed E-state index contributed by atoms with van der Waals surface area (Å²) in [6.07, 6.45) is 1.37. The monoisotopic (exact) mass is 407 g/mol. The first-order chi connectivity index (χ1) is 13.9. The van der Waals surface area contributed by atoms with Gasteiger partial charge in [-0.3, -0.25) is 4.79 Å². The summed E-state index contributed by atoms with van der Waals surface area (Å²) in [5.41, 5.74) is 4.22. The topological polar surface area (TPSA) is 75.6 Å². The van der Waals surface area contributed by atoms with Crippen molar-refractivity contribution in [3.63, 3.8) is 0 Å². The SMILES string of the molecule is COC=C(C(=O)Nc1cc(-c2ccccc2)sc1C(=O)O)c1ccc(C)cc1C. The Morgan fingerprint density at radius 3 is 2.41 bits per heavy atom. The van der Waals surface area contributed by atoms with Crippen molar-refractivity contribution in [3.05, 3.63) is 82.4 Å². The number of thiophene rings is 1. The molecule has 0 radical (unpaired) electrons. The largest absolute Gasteiger partial charge is 0.504 e. The molecule has 3 aromatic rings. The molecule has 1 amide bonds. The fourth-order valence-electron chi connectivity index (χ4n) is 3.05. The van der Waals surface area contributed by atoms with Gasteiger partial charge in [-0.2, -0.15) is 0 Å². The molecule has 0 atom stereocenters. The van der Waals surface area contributed by atoms with Crippen LogP contribution >= 0.6 is 11.3 Å². The van der Waals surface area contributed by atoms with Crippen LogP contribution in [0.2, 0.25) is 0 Å². The Morgan fingerprint density at radius 1 is 1.07 bits per heavy atom. The zero-order valence-corrected chi connectivity index (χ0v) is 17.2. The van der Waals surface area contributed by atoms with E-state index in [1.165, 1.54) is 13.4 Å². The summed E-state index contributed by atoms with van der Waals surface area (Å²) in [5, 5.41) is 12.3. The number of carboxylic acids is 1. The molecule has 0 fully saturated rings. The average Bonchev–Trinajstić information content (AvgIpc) is 3.11. The van der Waals surface area contributed by atoms with Gasteiger partial charge in [-0.25, -0.2) is 4.79 Å². The first-order valence-corrected chi connectivity index (χ1v) is 9.77. The number of carbonyl (C=O) groups excluding carboxylic acids is 1. The molecule has 29 heavy (non-hydrogen) atoms. The van der Waals surface area contributed by atoms with Gasteiger partial charge >= 0.3 is 5.97 Å². The van der Waals surface area contributed by atoms with Crippen molar-refractivity contribution in [1.82, 2.24) is 0 Å². The molecule has 2 aromatic carbocycles. The highest BCUT2D eigenvalue weighted by atomic mass is 32.1. The summed E-state index contributed by atoms with van der Waals surface area (Å²) < 4.78 is 5.12. The summed E-state index contributed by atoms with van der Waals surface area (Å²) >= 11 is 1.12. The van der Waals surface area contributed by atoms with Crippen molar-refractivity contribution in [3.8, 4) is 10.4 Å². The molecule has 0 aliphatic rings. The van der Waals surface area contributed by atoms with Crippen molar-refractivity contribution in [2.75, 3.05) is 12.4 Å². The molecule has 1 aromatic heterocycles. The third-order valence-electron chi connectivity index (χ3n) is 4.39. The zero-order valence-electron chi connectivity index (χ0n) is 16.4. The van der Waals surface area contributed by atoms with E-state index in [1.54, 1.807) is 6.07 Å². The molecule has 1 heterocycles. The third-order valence-corrected chi connectivity index (χ3v) is 5.56. The summed E-state index contributed by atoms with van der Waals surface area (Å²) in [6.45, 7) is 3.89. The van der Waals surface area contributed by atoms with Crippen LogP contribution in [-0.2, 0) is 9.53 Å². The summed E-state index contributed by atoms with van der Waals surface area (Å²) in [5.74, 6) is -1.52. The molecule has 5 nitrogen and oxygen atoms in total. The number of carboxylic acid groups (broad SMARTS) is 1. The lowest BCUT2D eigenvalue weighted by atomic mass is 9.99. The standard InChI is InChI=1S/C23H21NO4S/c1-14-9-10-17(15(2)11-14)18(13-28-3)22(25)24-19-12-20(29-21(19)23(26)27)16-7-5-4-6-8-16/h4-13H,1-3H3,(H,24,25)(H,26,27). The average molecular weight is 407 g/mol. The number of anilines is 1. The molecule has 2 N–H and O–H groups in total. The number of aromatic carboxylic acids is 1. The second-order valence-electron chi connectivity index (χ2n) is 6.56. The molecule has 0 bridgehead atoms. The molecule has 0 saturated heterocycles. The van der Waals surface area contributed by atoms with Crippen LogP contribution < -0.4 is 5.32 Å². The van der Waals surface area contributed by atoms with Gasteiger partial charge in [0.05, 0.1) is 24.6 Å². The van der Waals surface area contributed by atoms with Crippen molar-refractivity contribution in [2.24, 2.45) is 0 Å². The molecule has 0 aliphatic heterocycles. The van der Waals surface area contributed by atoms with E-state index in [0.717, 1.165) is 38.5 Å². The number of amides is 1. The van der Waals surface area contributed by atoms with Gasteiger partial charge in [-0.1, -0.05) is 54.1 Å². The maximum Gasteiger partial charge on any atom is 0.348 e. The van der Waals surface area contributed by atoms with E-state index in [-0.39, 0.29) is 10.6 Å². The Balaban J connectivity index is 1.97. The van der Waals surface area contributed by atoms with Crippen molar-refractivity contribution < 1.29 is 19.4 Å². The molecule has 0 unspecified atom stereocenters. The molecule has 0 aliphatic carbocycles. The van der Waals surface area contributed by atoms with E-state index in [0.29, 0.717) is 5.57 Å². The number of nitrogens with one attached hydrogen (secondary N) is 1. The van der Waals surface area contributed by atoms with Gasteiger partial charge < -0.3 is 15.2 Å². The van der Waals surface area contributed by atoms with Crippen LogP contribution in [0.5, 0.6) is 0 Å². The number of rotatable bonds is 6. The number of hydrogen-bond acceptors (Lipinski definition) is 4. The predicted octanol–water partition coefficient (Wildman–Crippen LogP) is 5.36. The summed E-state index contributed by atoms with van der Waals surface area (Å²) in [6, 6.07) is 16.9. The van der Waals surface area contributed by atoms with Crippen LogP contribution in [0.25, 0.3) is 16.0 Å². The summed E-state index contributed by atoms with van der Waals surface area (Å²) in [4.78, 5) is 25.6. The number of benzene rings is 2. The molecule has 148 valence electrons. The number of carbonyl (C=O) groups is 2. The number of hydrogen-bond donors (Lipinski definition) is 2. The second kappa shape index (κ2) is 8.75. The van der Waals surface area contributed by atoms with Crippen LogP contribution in [0.15, 0.2) is 60.9 Å². The van der Waals surface area contributed by atoms with E-state index >= 15 is 0 Å². The highest BCUT2D eigenvalue weighted by Gasteiger charge is 2.21. The van der Waals surface area contributed by atoms with Crippen molar-refractivity contribution >= 4 is 34.5 Å². The maximum absolute atomic E-state index is 13.0. The maximum atomic E-state index is 13.0. The Kier molecular flexibility index (Phi) is 6.14. The van der Waals surface area contributed by atoms with Crippen molar-refractivity contribution in [2.45, 2.75) is 13.8 Å². The minimum absolute atomic E-state index is 0.0783. The van der Waals surface area contributed by atoms with E-state index in [4.69, 9.17) is 4.74 Å². The Labute approximate surface area is 173 Å². The van der Waals surface area contributed by atoms with Gasteiger partial charge in [-0.15, -0.1) is 11.3 Å². The highest BCUT2D eigenvalue weighted by molar-refractivity contribution is 7.18.